The van der Waals surface area contributed by atoms with Gasteiger partial charge in [-0.1, -0.05) is 24.3 Å². The van der Waals surface area contributed by atoms with E-state index < -0.39 is 20.7 Å². The first-order valence-corrected chi connectivity index (χ1v) is 14.4. The Labute approximate surface area is 233 Å². The van der Waals surface area contributed by atoms with Crippen LogP contribution in [-0.4, -0.2) is 62.7 Å². The van der Waals surface area contributed by atoms with Gasteiger partial charge in [0.15, 0.2) is 0 Å². The van der Waals surface area contributed by atoms with Gasteiger partial charge in [0.2, 0.25) is 0 Å². The summed E-state index contributed by atoms with van der Waals surface area (Å²) in [5.41, 5.74) is 2.62. The van der Waals surface area contributed by atoms with E-state index in [-0.39, 0.29) is 0 Å². The van der Waals surface area contributed by atoms with Crippen molar-refractivity contribution < 1.29 is 22.3 Å². The molecule has 2 heterocycles. The lowest BCUT2D eigenvalue weighted by Crippen LogP contribution is -2.37. The van der Waals surface area contributed by atoms with E-state index in [0.29, 0.717) is 23.8 Å². The maximum Gasteiger partial charge on any atom is 0.264 e. The minimum atomic E-state index is -4.05. The molecule has 1 saturated heterocycles. The number of nitrogens with zero attached hydrogens (tertiary/aromatic N) is 3. The van der Waals surface area contributed by atoms with Crippen molar-refractivity contribution >= 4 is 27.2 Å². The average Bonchev–Trinajstić information content (AvgIpc) is 2.97. The first-order valence-electron chi connectivity index (χ1n) is 13.0. The lowest BCUT2D eigenvalue weighted by Gasteiger charge is -2.26. The van der Waals surface area contributed by atoms with E-state index in [1.807, 2.05) is 30.3 Å². The third-order valence-electron chi connectivity index (χ3n) is 6.32. The minimum Gasteiger partial charge on any atom is -0.494 e. The molecule has 0 spiro atoms. The van der Waals surface area contributed by atoms with Crippen molar-refractivity contribution in [2.45, 2.75) is 11.3 Å². The van der Waals surface area contributed by atoms with E-state index in [0.717, 1.165) is 62.3 Å². The zero-order valence-corrected chi connectivity index (χ0v) is 22.6. The molecule has 1 aromatic heterocycles. The van der Waals surface area contributed by atoms with Crippen LogP contribution in [0.15, 0.2) is 90.1 Å². The van der Waals surface area contributed by atoms with Crippen LogP contribution < -0.4 is 14.8 Å². The molecule has 3 aromatic carbocycles. The Morgan fingerprint density at radius 1 is 0.925 bits per heavy atom. The predicted molar refractivity (Wildman–Crippen MR) is 152 cm³/mol. The normalized spacial score (nSPS) is 14.0. The first-order chi connectivity index (χ1) is 19.5. The van der Waals surface area contributed by atoms with E-state index in [9.17, 15) is 12.8 Å². The number of anilines is 3. The van der Waals surface area contributed by atoms with E-state index in [4.69, 9.17) is 9.47 Å². The van der Waals surface area contributed by atoms with Crippen molar-refractivity contribution in [3.8, 4) is 17.0 Å². The summed E-state index contributed by atoms with van der Waals surface area (Å²) in [4.78, 5) is 10.7. The highest BCUT2D eigenvalue weighted by Gasteiger charge is 2.18. The van der Waals surface area contributed by atoms with Gasteiger partial charge in [-0.05, 0) is 55.0 Å². The Hall–Kier alpha value is -4.06. The molecule has 0 aliphatic carbocycles. The molecule has 1 aliphatic heterocycles. The van der Waals surface area contributed by atoms with Gasteiger partial charge in [0.25, 0.3) is 10.0 Å². The molecule has 1 aliphatic rings. The number of nitrogens with one attached hydrogen (secondary N) is 2. The number of hydrogen-bond acceptors (Lipinski definition) is 8. The molecule has 4 aromatic rings. The van der Waals surface area contributed by atoms with Gasteiger partial charge in [0.05, 0.1) is 25.5 Å². The molecule has 0 unspecified atom stereocenters. The number of sulfonamides is 1. The van der Waals surface area contributed by atoms with Gasteiger partial charge in [-0.3, -0.25) is 9.62 Å². The minimum absolute atomic E-state index is 0.305. The van der Waals surface area contributed by atoms with Crippen molar-refractivity contribution in [3.63, 3.8) is 0 Å². The third-order valence-corrected chi connectivity index (χ3v) is 7.74. The smallest absolute Gasteiger partial charge is 0.264 e. The van der Waals surface area contributed by atoms with Crippen LogP contribution in [0.1, 0.15) is 6.42 Å². The molecule has 5 rings (SSSR count). The van der Waals surface area contributed by atoms with Gasteiger partial charge in [-0.15, -0.1) is 0 Å². The van der Waals surface area contributed by atoms with Gasteiger partial charge in [-0.25, -0.2) is 22.8 Å². The molecular formula is C29H30FN5O4S. The molecule has 0 radical (unpaired) electrons. The Morgan fingerprint density at radius 2 is 1.70 bits per heavy atom. The van der Waals surface area contributed by atoms with Gasteiger partial charge in [-0.2, -0.15) is 0 Å². The lowest BCUT2D eigenvalue weighted by molar-refractivity contribution is 0.0358. The molecule has 40 heavy (non-hydrogen) atoms. The zero-order chi connectivity index (χ0) is 27.8. The molecular weight excluding hydrogens is 533 g/mol. The summed E-state index contributed by atoms with van der Waals surface area (Å²) in [6, 6.07) is 21.4. The van der Waals surface area contributed by atoms with E-state index >= 15 is 0 Å². The van der Waals surface area contributed by atoms with E-state index in [2.05, 4.69) is 24.9 Å². The fourth-order valence-corrected chi connectivity index (χ4v) is 5.41. The fourth-order valence-electron chi connectivity index (χ4n) is 4.27. The molecule has 0 saturated carbocycles. The number of ether oxygens (including phenoxy) is 2. The molecule has 1 fully saturated rings. The number of rotatable bonds is 11. The highest BCUT2D eigenvalue weighted by atomic mass is 32.2. The Morgan fingerprint density at radius 3 is 2.50 bits per heavy atom. The SMILES string of the molecule is O=S(=O)(Nc1ccc(Nc2cc(-c3cccc(OCCCN4CCOCC4)c3)ncn2)cc1)c1ccccc1F. The highest BCUT2D eigenvalue weighted by Crippen LogP contribution is 2.26. The molecule has 0 amide bonds. The maximum absolute atomic E-state index is 14.0. The summed E-state index contributed by atoms with van der Waals surface area (Å²) < 4.78 is 52.8. The van der Waals surface area contributed by atoms with Crippen molar-refractivity contribution in [2.75, 3.05) is 49.5 Å². The third kappa shape index (κ3) is 7.32. The topological polar surface area (TPSA) is 106 Å². The number of morpholine rings is 1. The Balaban J connectivity index is 1.18. The van der Waals surface area contributed by atoms with Gasteiger partial charge in [0, 0.05) is 42.6 Å². The van der Waals surface area contributed by atoms with Gasteiger partial charge >= 0.3 is 0 Å². The largest absolute Gasteiger partial charge is 0.494 e. The van der Waals surface area contributed by atoms with Crippen LogP contribution in [0, 0.1) is 5.82 Å². The number of hydrogen-bond donors (Lipinski definition) is 2. The van der Waals surface area contributed by atoms with Crippen LogP contribution in [0.4, 0.5) is 21.6 Å². The second kappa shape index (κ2) is 12.9. The molecule has 11 heteroatoms. The Kier molecular flexibility index (Phi) is 8.84. The average molecular weight is 564 g/mol. The summed E-state index contributed by atoms with van der Waals surface area (Å²) in [7, 11) is -4.05. The van der Waals surface area contributed by atoms with Crippen molar-refractivity contribution in [1.29, 1.82) is 0 Å². The van der Waals surface area contributed by atoms with E-state index in [1.165, 1.54) is 24.5 Å². The second-order valence-corrected chi connectivity index (χ2v) is 10.9. The summed E-state index contributed by atoms with van der Waals surface area (Å²) >= 11 is 0. The van der Waals surface area contributed by atoms with Crippen molar-refractivity contribution in [2.24, 2.45) is 0 Å². The number of halogens is 1. The first kappa shape index (κ1) is 27.5. The van der Waals surface area contributed by atoms with Crippen LogP contribution in [0.3, 0.4) is 0 Å². The van der Waals surface area contributed by atoms with Crippen LogP contribution in [-0.2, 0) is 14.8 Å². The molecule has 0 atom stereocenters. The van der Waals surface area contributed by atoms with Gasteiger partial charge < -0.3 is 14.8 Å². The Bertz CT molecular complexity index is 1530. The summed E-state index contributed by atoms with van der Waals surface area (Å²) in [5.74, 6) is 0.538. The summed E-state index contributed by atoms with van der Waals surface area (Å²) in [5, 5.41) is 3.20. The summed E-state index contributed by atoms with van der Waals surface area (Å²) in [6.45, 7) is 5.15. The lowest BCUT2D eigenvalue weighted by atomic mass is 10.1. The monoisotopic (exact) mass is 563 g/mol. The van der Waals surface area contributed by atoms with E-state index in [1.54, 1.807) is 24.3 Å². The zero-order valence-electron chi connectivity index (χ0n) is 21.8. The van der Waals surface area contributed by atoms with Crippen molar-refractivity contribution in [1.82, 2.24) is 14.9 Å². The van der Waals surface area contributed by atoms with Crippen LogP contribution in [0.2, 0.25) is 0 Å². The number of benzene rings is 3. The van der Waals surface area contributed by atoms with Crippen molar-refractivity contribution in [3.05, 3.63) is 91.0 Å². The molecule has 0 bridgehead atoms. The fraction of sp³-hybridized carbons (Fsp3) is 0.241. The molecule has 9 nitrogen and oxygen atoms in total. The number of aromatic nitrogens is 2. The van der Waals surface area contributed by atoms with Crippen LogP contribution >= 0.6 is 0 Å². The molecule has 208 valence electrons. The highest BCUT2D eigenvalue weighted by molar-refractivity contribution is 7.92. The van der Waals surface area contributed by atoms with Gasteiger partial charge in [0.1, 0.15) is 28.6 Å². The second-order valence-electron chi connectivity index (χ2n) is 9.21. The van der Waals surface area contributed by atoms with Crippen LogP contribution in [0.25, 0.3) is 11.3 Å². The van der Waals surface area contributed by atoms with Crippen LogP contribution in [0.5, 0.6) is 5.75 Å². The molecule has 2 N–H and O–H groups in total. The standard InChI is InChI=1S/C29H30FN5O4S/c30-26-7-1-2-8-28(26)40(36,37)34-24-11-9-23(10-12-24)33-29-20-27(31-21-32-29)22-5-3-6-25(19-22)39-16-4-13-35-14-17-38-18-15-35/h1-3,5-12,19-21,34H,4,13-18H2,(H,31,32,33). The quantitative estimate of drug-likeness (QED) is 0.248. The summed E-state index contributed by atoms with van der Waals surface area (Å²) in [6.07, 6.45) is 2.42. The maximum atomic E-state index is 14.0. The predicted octanol–water partition coefficient (Wildman–Crippen LogP) is 4.93.